The summed E-state index contributed by atoms with van der Waals surface area (Å²) in [5, 5.41) is 9.14. The molecule has 1 N–H and O–H groups in total. The van der Waals surface area contributed by atoms with E-state index in [1.165, 1.54) is 0 Å². The lowest BCUT2D eigenvalue weighted by molar-refractivity contribution is -0.190. The van der Waals surface area contributed by atoms with Crippen molar-refractivity contribution >= 4 is 17.6 Å². The molecule has 0 saturated carbocycles. The SMILES string of the molecule is CC1(C)OC2C(=O)OC(C(O)Cl)C2O1. The number of aliphatic hydroxyl groups excluding tert-OH is 1. The van der Waals surface area contributed by atoms with Crippen molar-refractivity contribution in [2.24, 2.45) is 0 Å². The molecule has 2 heterocycles. The topological polar surface area (TPSA) is 65.0 Å². The zero-order valence-electron chi connectivity index (χ0n) is 7.77. The number of fused-ring (bicyclic) bond motifs is 1. The lowest BCUT2D eigenvalue weighted by atomic mass is 10.1. The summed E-state index contributed by atoms with van der Waals surface area (Å²) in [6.45, 7) is 3.38. The number of cyclic esters (lactones) is 1. The molecule has 0 aromatic carbocycles. The van der Waals surface area contributed by atoms with Crippen LogP contribution >= 0.6 is 11.6 Å². The molecule has 2 fully saturated rings. The predicted molar refractivity (Wildman–Crippen MR) is 45.6 cm³/mol. The lowest BCUT2D eigenvalue weighted by Crippen LogP contribution is -2.35. The monoisotopic (exact) mass is 222 g/mol. The minimum atomic E-state index is -1.27. The number of ether oxygens (including phenoxy) is 3. The molecule has 0 amide bonds. The van der Waals surface area contributed by atoms with E-state index in [0.717, 1.165) is 0 Å². The number of hydrogen-bond acceptors (Lipinski definition) is 5. The normalized spacial score (nSPS) is 42.0. The molecule has 4 unspecified atom stereocenters. The Morgan fingerprint density at radius 1 is 1.50 bits per heavy atom. The van der Waals surface area contributed by atoms with Gasteiger partial charge in [0.25, 0.3) is 0 Å². The van der Waals surface area contributed by atoms with Crippen LogP contribution in [0.4, 0.5) is 0 Å². The molecule has 0 spiro atoms. The number of carbonyl (C=O) groups excluding carboxylic acids is 1. The molecule has 2 rings (SSSR count). The lowest BCUT2D eigenvalue weighted by Gasteiger charge is -2.21. The Balaban J connectivity index is 2.19. The van der Waals surface area contributed by atoms with Crippen LogP contribution in [0.1, 0.15) is 13.8 Å². The van der Waals surface area contributed by atoms with Gasteiger partial charge in [-0.3, -0.25) is 0 Å². The second-order valence-electron chi connectivity index (χ2n) is 3.79. The van der Waals surface area contributed by atoms with Gasteiger partial charge in [0.1, 0.15) is 6.10 Å². The molecule has 0 aromatic heterocycles. The number of carbonyl (C=O) groups is 1. The minimum Gasteiger partial charge on any atom is -0.453 e. The van der Waals surface area contributed by atoms with E-state index in [1.54, 1.807) is 13.8 Å². The van der Waals surface area contributed by atoms with Crippen LogP contribution in [0.3, 0.4) is 0 Å². The van der Waals surface area contributed by atoms with E-state index in [1.807, 2.05) is 0 Å². The van der Waals surface area contributed by atoms with Crippen molar-refractivity contribution < 1.29 is 24.1 Å². The van der Waals surface area contributed by atoms with E-state index in [-0.39, 0.29) is 0 Å². The number of alkyl halides is 1. The highest BCUT2D eigenvalue weighted by atomic mass is 35.5. The summed E-state index contributed by atoms with van der Waals surface area (Å²) in [4.78, 5) is 11.3. The van der Waals surface area contributed by atoms with Gasteiger partial charge in [-0.1, -0.05) is 11.6 Å². The molecule has 2 aliphatic heterocycles. The molecule has 5 nitrogen and oxygen atoms in total. The first kappa shape index (κ1) is 10.2. The van der Waals surface area contributed by atoms with E-state index >= 15 is 0 Å². The Labute approximate surface area is 85.9 Å². The largest absolute Gasteiger partial charge is 0.453 e. The molecular weight excluding hydrogens is 212 g/mol. The van der Waals surface area contributed by atoms with Crippen LogP contribution < -0.4 is 0 Å². The molecule has 0 aliphatic carbocycles. The predicted octanol–water partition coefficient (Wildman–Crippen LogP) is -0.0109. The average molecular weight is 223 g/mol. The van der Waals surface area contributed by atoms with Gasteiger partial charge in [-0.15, -0.1) is 0 Å². The molecule has 2 aliphatic rings. The average Bonchev–Trinajstić information content (AvgIpc) is 2.47. The Bertz CT molecular complexity index is 264. The second-order valence-corrected chi connectivity index (χ2v) is 4.24. The molecule has 14 heavy (non-hydrogen) atoms. The van der Waals surface area contributed by atoms with E-state index in [2.05, 4.69) is 0 Å². The van der Waals surface area contributed by atoms with Gasteiger partial charge >= 0.3 is 5.97 Å². The summed E-state index contributed by atoms with van der Waals surface area (Å²) in [6, 6.07) is 0. The molecular formula is C8H11ClO5. The summed E-state index contributed by atoms with van der Waals surface area (Å²) in [5.74, 6) is -1.37. The van der Waals surface area contributed by atoms with Crippen molar-refractivity contribution in [3.8, 4) is 0 Å². The Hall–Kier alpha value is -0.360. The highest BCUT2D eigenvalue weighted by Gasteiger charge is 2.57. The van der Waals surface area contributed by atoms with E-state index in [0.29, 0.717) is 0 Å². The van der Waals surface area contributed by atoms with Crippen LogP contribution in [0.25, 0.3) is 0 Å². The number of hydrogen-bond donors (Lipinski definition) is 1. The van der Waals surface area contributed by atoms with Gasteiger partial charge in [-0.25, -0.2) is 4.79 Å². The van der Waals surface area contributed by atoms with E-state index in [4.69, 9.17) is 30.9 Å². The molecule has 0 radical (unpaired) electrons. The first-order valence-electron chi connectivity index (χ1n) is 4.29. The summed E-state index contributed by atoms with van der Waals surface area (Å²) < 4.78 is 15.5. The fourth-order valence-corrected chi connectivity index (χ4v) is 1.89. The van der Waals surface area contributed by atoms with Gasteiger partial charge in [0, 0.05) is 0 Å². The summed E-state index contributed by atoms with van der Waals surface area (Å²) in [6.07, 6.45) is -2.25. The summed E-state index contributed by atoms with van der Waals surface area (Å²) >= 11 is 5.45. The zero-order valence-corrected chi connectivity index (χ0v) is 8.52. The number of rotatable bonds is 1. The van der Waals surface area contributed by atoms with Crippen LogP contribution in [0.5, 0.6) is 0 Å². The van der Waals surface area contributed by atoms with Crippen molar-refractivity contribution in [1.82, 2.24) is 0 Å². The van der Waals surface area contributed by atoms with Crippen LogP contribution in [-0.2, 0) is 19.0 Å². The maximum atomic E-state index is 11.3. The number of esters is 1. The van der Waals surface area contributed by atoms with Gasteiger partial charge in [0.15, 0.2) is 23.6 Å². The van der Waals surface area contributed by atoms with Gasteiger partial charge < -0.3 is 19.3 Å². The Morgan fingerprint density at radius 2 is 2.14 bits per heavy atom. The van der Waals surface area contributed by atoms with Gasteiger partial charge in [-0.2, -0.15) is 0 Å². The Kier molecular flexibility index (Phi) is 2.23. The molecule has 2 saturated heterocycles. The van der Waals surface area contributed by atoms with Crippen molar-refractivity contribution in [1.29, 1.82) is 0 Å². The maximum Gasteiger partial charge on any atom is 0.338 e. The van der Waals surface area contributed by atoms with Crippen molar-refractivity contribution in [2.45, 2.75) is 43.5 Å². The van der Waals surface area contributed by atoms with Crippen molar-refractivity contribution in [2.75, 3.05) is 0 Å². The van der Waals surface area contributed by atoms with Gasteiger partial charge in [0.2, 0.25) is 0 Å². The van der Waals surface area contributed by atoms with Crippen molar-refractivity contribution in [3.63, 3.8) is 0 Å². The zero-order chi connectivity index (χ0) is 10.5. The van der Waals surface area contributed by atoms with Crippen LogP contribution in [0, 0.1) is 0 Å². The fraction of sp³-hybridized carbons (Fsp3) is 0.875. The van der Waals surface area contributed by atoms with Crippen molar-refractivity contribution in [3.05, 3.63) is 0 Å². The number of halogens is 1. The summed E-state index contributed by atoms with van der Waals surface area (Å²) in [5.41, 5.74) is -1.27. The molecule has 4 atom stereocenters. The van der Waals surface area contributed by atoms with Gasteiger partial charge in [-0.05, 0) is 13.8 Å². The minimum absolute atomic E-state index is 0.537. The third kappa shape index (κ3) is 1.50. The third-order valence-corrected chi connectivity index (χ3v) is 2.46. The number of aliphatic hydroxyl groups is 1. The highest BCUT2D eigenvalue weighted by molar-refractivity contribution is 6.20. The molecule has 80 valence electrons. The molecule has 6 heteroatoms. The van der Waals surface area contributed by atoms with Gasteiger partial charge in [0.05, 0.1) is 0 Å². The first-order chi connectivity index (χ1) is 6.41. The van der Waals surface area contributed by atoms with Crippen LogP contribution in [0.15, 0.2) is 0 Å². The quantitative estimate of drug-likeness (QED) is 0.499. The first-order valence-corrected chi connectivity index (χ1v) is 4.73. The smallest absolute Gasteiger partial charge is 0.338 e. The maximum absolute atomic E-state index is 11.3. The Morgan fingerprint density at radius 3 is 2.71 bits per heavy atom. The van der Waals surface area contributed by atoms with Crippen LogP contribution in [0.2, 0.25) is 0 Å². The fourth-order valence-electron chi connectivity index (χ4n) is 1.69. The highest BCUT2D eigenvalue weighted by Crippen LogP contribution is 2.37. The summed E-state index contributed by atoms with van der Waals surface area (Å²) in [7, 11) is 0. The van der Waals surface area contributed by atoms with E-state index in [9.17, 15) is 4.79 Å². The third-order valence-electron chi connectivity index (χ3n) is 2.21. The second kappa shape index (κ2) is 3.06. The molecule has 0 aromatic rings. The standard InChI is InChI=1S/C8H11ClO5/c1-8(2)13-3-4(6(9)10)12-7(11)5(3)14-8/h3-6,10H,1-2H3. The van der Waals surface area contributed by atoms with Crippen LogP contribution in [-0.4, -0.2) is 40.7 Å². The van der Waals surface area contributed by atoms with E-state index < -0.39 is 35.6 Å². The molecule has 0 bridgehead atoms.